The van der Waals surface area contributed by atoms with Gasteiger partial charge in [-0.2, -0.15) is 0 Å². The highest BCUT2D eigenvalue weighted by molar-refractivity contribution is 9.10. The quantitative estimate of drug-likeness (QED) is 0.671. The van der Waals surface area contributed by atoms with Crippen LogP contribution in [0.5, 0.6) is 5.75 Å². The smallest absolute Gasteiger partial charge is 0.256 e. The summed E-state index contributed by atoms with van der Waals surface area (Å²) in [5.74, 6) is 1.50. The second-order valence-electron chi connectivity index (χ2n) is 5.12. The number of benzene rings is 2. The summed E-state index contributed by atoms with van der Waals surface area (Å²) in [6, 6.07) is 18.0. The number of hydrogen-bond acceptors (Lipinski definition) is 5. The van der Waals surface area contributed by atoms with E-state index in [1.807, 2.05) is 36.4 Å². The molecule has 3 rings (SSSR count). The van der Waals surface area contributed by atoms with Crippen LogP contribution in [0.15, 0.2) is 65.1 Å². The molecule has 2 aromatic carbocycles. The number of carbonyl (C=O) groups excluding carboxylic acids is 1. The number of ether oxygens (including phenoxy) is 1. The molecule has 3 aromatic rings. The normalized spacial score (nSPS) is 10.2. The molecule has 25 heavy (non-hydrogen) atoms. The fourth-order valence-corrected chi connectivity index (χ4v) is 2.34. The third kappa shape index (κ3) is 4.54. The lowest BCUT2D eigenvalue weighted by Gasteiger charge is -2.07. The van der Waals surface area contributed by atoms with E-state index in [1.165, 1.54) is 0 Å². The Balaban J connectivity index is 1.63. The number of hydrogen-bond donors (Lipinski definition) is 2. The van der Waals surface area contributed by atoms with Gasteiger partial charge in [0.1, 0.15) is 5.75 Å². The summed E-state index contributed by atoms with van der Waals surface area (Å²) in [6.07, 6.45) is 0. The summed E-state index contributed by atoms with van der Waals surface area (Å²) in [5.41, 5.74) is 1.41. The number of nitrogens with zero attached hydrogens (tertiary/aromatic N) is 2. The molecule has 126 valence electrons. The van der Waals surface area contributed by atoms with Gasteiger partial charge in [-0.1, -0.05) is 15.9 Å². The highest BCUT2D eigenvalue weighted by atomic mass is 79.9. The van der Waals surface area contributed by atoms with E-state index >= 15 is 0 Å². The molecule has 0 aliphatic heterocycles. The maximum atomic E-state index is 12.1. The van der Waals surface area contributed by atoms with E-state index in [-0.39, 0.29) is 5.91 Å². The highest BCUT2D eigenvalue weighted by Gasteiger charge is 2.07. The second-order valence-corrected chi connectivity index (χ2v) is 6.03. The molecule has 1 amide bonds. The van der Waals surface area contributed by atoms with Crippen molar-refractivity contribution in [1.82, 2.24) is 10.2 Å². The van der Waals surface area contributed by atoms with Gasteiger partial charge in [0, 0.05) is 15.7 Å². The third-order valence-electron chi connectivity index (χ3n) is 3.37. The minimum atomic E-state index is -0.238. The van der Waals surface area contributed by atoms with E-state index in [0.717, 1.165) is 15.9 Å². The van der Waals surface area contributed by atoms with Crippen molar-refractivity contribution >= 4 is 39.2 Å². The lowest BCUT2D eigenvalue weighted by Crippen LogP contribution is -2.13. The number of aromatic nitrogens is 2. The van der Waals surface area contributed by atoms with Gasteiger partial charge in [0.15, 0.2) is 11.6 Å². The fraction of sp³-hybridized carbons (Fsp3) is 0.0556. The molecule has 7 heteroatoms. The molecule has 1 aromatic heterocycles. The van der Waals surface area contributed by atoms with Crippen molar-refractivity contribution in [1.29, 1.82) is 0 Å². The predicted octanol–water partition coefficient (Wildman–Crippen LogP) is 4.24. The van der Waals surface area contributed by atoms with Crippen molar-refractivity contribution in [3.63, 3.8) is 0 Å². The van der Waals surface area contributed by atoms with E-state index in [0.29, 0.717) is 17.2 Å². The maximum absolute atomic E-state index is 12.1. The van der Waals surface area contributed by atoms with Gasteiger partial charge in [-0.25, -0.2) is 0 Å². The first-order chi connectivity index (χ1) is 12.1. The lowest BCUT2D eigenvalue weighted by atomic mass is 10.2. The minimum Gasteiger partial charge on any atom is -0.497 e. The Morgan fingerprint density at radius 1 is 0.920 bits per heavy atom. The molecule has 0 radical (unpaired) electrons. The first-order valence-corrected chi connectivity index (χ1v) is 8.25. The Bertz CT molecular complexity index is 850. The van der Waals surface area contributed by atoms with Crippen LogP contribution < -0.4 is 15.4 Å². The molecule has 0 fully saturated rings. The summed E-state index contributed by atoms with van der Waals surface area (Å²) in [6.45, 7) is 0. The van der Waals surface area contributed by atoms with E-state index in [1.54, 1.807) is 31.4 Å². The largest absolute Gasteiger partial charge is 0.497 e. The molecular weight excluding hydrogens is 384 g/mol. The summed E-state index contributed by atoms with van der Waals surface area (Å²) in [5, 5.41) is 13.9. The van der Waals surface area contributed by atoms with Gasteiger partial charge >= 0.3 is 0 Å². The van der Waals surface area contributed by atoms with Crippen molar-refractivity contribution in [2.75, 3.05) is 17.7 Å². The van der Waals surface area contributed by atoms with Gasteiger partial charge in [0.2, 0.25) is 0 Å². The zero-order chi connectivity index (χ0) is 17.6. The molecule has 0 aliphatic rings. The van der Waals surface area contributed by atoms with Crippen LogP contribution in [0, 0.1) is 0 Å². The number of halogens is 1. The molecule has 2 N–H and O–H groups in total. The Hall–Kier alpha value is -2.93. The van der Waals surface area contributed by atoms with Crippen LogP contribution in [0.2, 0.25) is 0 Å². The molecule has 0 saturated heterocycles. The second kappa shape index (κ2) is 7.76. The predicted molar refractivity (Wildman–Crippen MR) is 100 cm³/mol. The van der Waals surface area contributed by atoms with Crippen LogP contribution >= 0.6 is 15.9 Å². The average Bonchev–Trinajstić information content (AvgIpc) is 2.64. The van der Waals surface area contributed by atoms with E-state index in [4.69, 9.17) is 4.74 Å². The number of methoxy groups -OCH3 is 1. The topological polar surface area (TPSA) is 76.1 Å². The summed E-state index contributed by atoms with van der Waals surface area (Å²) in [4.78, 5) is 12.1. The van der Waals surface area contributed by atoms with Gasteiger partial charge in [-0.15, -0.1) is 10.2 Å². The number of carbonyl (C=O) groups is 1. The van der Waals surface area contributed by atoms with E-state index < -0.39 is 0 Å². The van der Waals surface area contributed by atoms with Gasteiger partial charge < -0.3 is 15.4 Å². The Morgan fingerprint density at radius 2 is 1.56 bits per heavy atom. The van der Waals surface area contributed by atoms with Crippen molar-refractivity contribution in [3.8, 4) is 5.75 Å². The molecule has 0 unspecified atom stereocenters. The molecule has 0 atom stereocenters. The minimum absolute atomic E-state index is 0.238. The first kappa shape index (κ1) is 16.9. The number of nitrogens with one attached hydrogen (secondary N) is 2. The van der Waals surface area contributed by atoms with Crippen LogP contribution in [0.3, 0.4) is 0 Å². The standard InChI is InChI=1S/C18H15BrN4O2/c1-25-15-8-6-14(7-9-15)20-16-10-11-17(23-22-16)21-18(24)12-2-4-13(19)5-3-12/h2-11H,1H3,(H,20,22)(H,21,23,24). The molecule has 0 aliphatic carbocycles. The summed E-state index contributed by atoms with van der Waals surface area (Å²) < 4.78 is 6.03. The first-order valence-electron chi connectivity index (χ1n) is 7.46. The molecular formula is C18H15BrN4O2. The van der Waals surface area contributed by atoms with Crippen LogP contribution in [0.4, 0.5) is 17.3 Å². The zero-order valence-corrected chi connectivity index (χ0v) is 14.9. The van der Waals surface area contributed by atoms with Crippen molar-refractivity contribution < 1.29 is 9.53 Å². The van der Waals surface area contributed by atoms with Crippen LogP contribution in [0.1, 0.15) is 10.4 Å². The summed E-state index contributed by atoms with van der Waals surface area (Å²) >= 11 is 3.34. The van der Waals surface area contributed by atoms with Crippen molar-refractivity contribution in [3.05, 3.63) is 70.7 Å². The third-order valence-corrected chi connectivity index (χ3v) is 3.90. The Morgan fingerprint density at radius 3 is 2.16 bits per heavy atom. The highest BCUT2D eigenvalue weighted by Crippen LogP contribution is 2.19. The maximum Gasteiger partial charge on any atom is 0.256 e. The van der Waals surface area contributed by atoms with Gasteiger partial charge in [-0.05, 0) is 60.7 Å². The number of amides is 1. The number of rotatable bonds is 5. The fourth-order valence-electron chi connectivity index (χ4n) is 2.08. The molecule has 0 spiro atoms. The van der Waals surface area contributed by atoms with Crippen LogP contribution in [-0.2, 0) is 0 Å². The Labute approximate surface area is 153 Å². The van der Waals surface area contributed by atoms with Crippen LogP contribution in [0.25, 0.3) is 0 Å². The SMILES string of the molecule is COc1ccc(Nc2ccc(NC(=O)c3ccc(Br)cc3)nn2)cc1. The Kier molecular flexibility index (Phi) is 5.25. The van der Waals surface area contributed by atoms with E-state index in [2.05, 4.69) is 36.8 Å². The van der Waals surface area contributed by atoms with Gasteiger partial charge in [0.25, 0.3) is 5.91 Å². The molecule has 6 nitrogen and oxygen atoms in total. The average molecular weight is 399 g/mol. The van der Waals surface area contributed by atoms with Crippen molar-refractivity contribution in [2.24, 2.45) is 0 Å². The van der Waals surface area contributed by atoms with Gasteiger partial charge in [0.05, 0.1) is 7.11 Å². The summed E-state index contributed by atoms with van der Waals surface area (Å²) in [7, 11) is 1.62. The monoisotopic (exact) mass is 398 g/mol. The number of anilines is 3. The zero-order valence-electron chi connectivity index (χ0n) is 13.4. The molecule has 0 saturated carbocycles. The molecule has 0 bridgehead atoms. The van der Waals surface area contributed by atoms with E-state index in [9.17, 15) is 4.79 Å². The van der Waals surface area contributed by atoms with Gasteiger partial charge in [-0.3, -0.25) is 4.79 Å². The van der Waals surface area contributed by atoms with Crippen molar-refractivity contribution in [2.45, 2.75) is 0 Å². The molecule has 1 heterocycles. The van der Waals surface area contributed by atoms with Crippen LogP contribution in [-0.4, -0.2) is 23.2 Å². The lowest BCUT2D eigenvalue weighted by molar-refractivity contribution is 0.102.